The zero-order valence-electron chi connectivity index (χ0n) is 14.2. The van der Waals surface area contributed by atoms with Crippen LogP contribution in [0.15, 0.2) is 30.3 Å². The quantitative estimate of drug-likeness (QED) is 0.797. The molecular formula is C18H26N2O3. The maximum Gasteiger partial charge on any atom is 0.338 e. The Balaban J connectivity index is 1.74. The maximum atomic E-state index is 12.2. The van der Waals surface area contributed by atoms with Gasteiger partial charge < -0.3 is 9.64 Å². The van der Waals surface area contributed by atoms with Crippen LogP contribution in [-0.4, -0.2) is 61.0 Å². The smallest absolute Gasteiger partial charge is 0.338 e. The van der Waals surface area contributed by atoms with Crippen LogP contribution in [0.5, 0.6) is 0 Å². The first kappa shape index (κ1) is 17.5. The van der Waals surface area contributed by atoms with Gasteiger partial charge in [-0.15, -0.1) is 0 Å². The first-order valence-electron chi connectivity index (χ1n) is 8.07. The van der Waals surface area contributed by atoms with E-state index in [2.05, 4.69) is 25.7 Å². The molecule has 0 aromatic heterocycles. The SMILES string of the molecule is CC(C)(C)CN1CCN(C(=O)COC(=O)c2ccccc2)CC1. The zero-order valence-corrected chi connectivity index (χ0v) is 14.2. The third-order valence-electron chi connectivity index (χ3n) is 3.76. The normalized spacial score (nSPS) is 16.2. The van der Waals surface area contributed by atoms with Gasteiger partial charge in [-0.3, -0.25) is 9.69 Å². The molecule has 0 aliphatic carbocycles. The fraction of sp³-hybridized carbons (Fsp3) is 0.556. The summed E-state index contributed by atoms with van der Waals surface area (Å²) in [5.41, 5.74) is 0.729. The van der Waals surface area contributed by atoms with Gasteiger partial charge in [0.1, 0.15) is 0 Å². The lowest BCUT2D eigenvalue weighted by Gasteiger charge is -2.37. The minimum Gasteiger partial charge on any atom is -0.452 e. The molecule has 1 saturated heterocycles. The van der Waals surface area contributed by atoms with Crippen LogP contribution in [-0.2, 0) is 9.53 Å². The van der Waals surface area contributed by atoms with Gasteiger partial charge in [-0.2, -0.15) is 0 Å². The van der Waals surface area contributed by atoms with Crippen molar-refractivity contribution < 1.29 is 14.3 Å². The van der Waals surface area contributed by atoms with Crippen LogP contribution in [0.3, 0.4) is 0 Å². The van der Waals surface area contributed by atoms with Gasteiger partial charge in [-0.25, -0.2) is 4.79 Å². The molecule has 0 atom stereocenters. The fourth-order valence-corrected chi connectivity index (χ4v) is 2.70. The van der Waals surface area contributed by atoms with Crippen molar-refractivity contribution in [3.05, 3.63) is 35.9 Å². The van der Waals surface area contributed by atoms with E-state index in [0.717, 1.165) is 19.6 Å². The van der Waals surface area contributed by atoms with Crippen molar-refractivity contribution in [3.8, 4) is 0 Å². The zero-order chi connectivity index (χ0) is 16.9. The first-order chi connectivity index (χ1) is 10.8. The number of piperazine rings is 1. The molecule has 0 saturated carbocycles. The average Bonchev–Trinajstić information content (AvgIpc) is 2.52. The highest BCUT2D eigenvalue weighted by Gasteiger charge is 2.24. The second-order valence-electron chi connectivity index (χ2n) is 7.16. The van der Waals surface area contributed by atoms with E-state index in [-0.39, 0.29) is 17.9 Å². The number of benzene rings is 1. The molecule has 1 aliphatic heterocycles. The summed E-state index contributed by atoms with van der Waals surface area (Å²) in [5, 5.41) is 0. The molecule has 1 amide bonds. The Morgan fingerprint density at radius 1 is 1.04 bits per heavy atom. The van der Waals surface area contributed by atoms with Crippen LogP contribution in [0, 0.1) is 5.41 Å². The van der Waals surface area contributed by atoms with Crippen molar-refractivity contribution in [1.82, 2.24) is 9.80 Å². The number of hydrogen-bond acceptors (Lipinski definition) is 4. The van der Waals surface area contributed by atoms with E-state index in [0.29, 0.717) is 18.7 Å². The van der Waals surface area contributed by atoms with E-state index in [1.807, 2.05) is 6.07 Å². The lowest BCUT2D eigenvalue weighted by Crippen LogP contribution is -2.51. The predicted octanol–water partition coefficient (Wildman–Crippen LogP) is 2.03. The Labute approximate surface area is 138 Å². The van der Waals surface area contributed by atoms with Crippen LogP contribution in [0.4, 0.5) is 0 Å². The number of carbonyl (C=O) groups is 2. The van der Waals surface area contributed by atoms with Crippen molar-refractivity contribution in [2.24, 2.45) is 5.41 Å². The number of nitrogens with zero attached hydrogens (tertiary/aromatic N) is 2. The first-order valence-corrected chi connectivity index (χ1v) is 8.07. The Hall–Kier alpha value is -1.88. The summed E-state index contributed by atoms with van der Waals surface area (Å²) in [7, 11) is 0. The maximum absolute atomic E-state index is 12.2. The molecule has 23 heavy (non-hydrogen) atoms. The molecule has 1 aromatic rings. The molecule has 126 valence electrons. The molecule has 0 unspecified atom stereocenters. The molecule has 5 nitrogen and oxygen atoms in total. The van der Waals surface area contributed by atoms with Crippen molar-refractivity contribution in [2.75, 3.05) is 39.3 Å². The lowest BCUT2D eigenvalue weighted by molar-refractivity contribution is -0.136. The van der Waals surface area contributed by atoms with Crippen molar-refractivity contribution in [2.45, 2.75) is 20.8 Å². The highest BCUT2D eigenvalue weighted by Crippen LogP contribution is 2.16. The van der Waals surface area contributed by atoms with E-state index in [1.54, 1.807) is 29.2 Å². The summed E-state index contributed by atoms with van der Waals surface area (Å²) >= 11 is 0. The summed E-state index contributed by atoms with van der Waals surface area (Å²) in [6.07, 6.45) is 0. The van der Waals surface area contributed by atoms with Gasteiger partial charge in [0, 0.05) is 32.7 Å². The molecule has 0 bridgehead atoms. The van der Waals surface area contributed by atoms with Gasteiger partial charge in [-0.05, 0) is 17.5 Å². The number of ether oxygens (including phenoxy) is 1. The number of rotatable bonds is 4. The van der Waals surface area contributed by atoms with Gasteiger partial charge in [0.15, 0.2) is 6.61 Å². The largest absolute Gasteiger partial charge is 0.452 e. The minimum absolute atomic E-state index is 0.121. The number of carbonyl (C=O) groups excluding carboxylic acids is 2. The standard InChI is InChI=1S/C18H26N2O3/c1-18(2,3)14-19-9-11-20(12-10-19)16(21)13-23-17(22)15-7-5-4-6-8-15/h4-8H,9-14H2,1-3H3. The van der Waals surface area contributed by atoms with E-state index in [9.17, 15) is 9.59 Å². The van der Waals surface area contributed by atoms with E-state index < -0.39 is 5.97 Å². The molecular weight excluding hydrogens is 292 g/mol. The molecule has 0 radical (unpaired) electrons. The molecule has 1 fully saturated rings. The van der Waals surface area contributed by atoms with Gasteiger partial charge in [0.05, 0.1) is 5.56 Å². The highest BCUT2D eigenvalue weighted by molar-refractivity contribution is 5.91. The summed E-state index contributed by atoms with van der Waals surface area (Å²) in [6.45, 7) is 10.6. The molecule has 0 N–H and O–H groups in total. The number of amides is 1. The van der Waals surface area contributed by atoms with Crippen LogP contribution in [0.1, 0.15) is 31.1 Å². The van der Waals surface area contributed by atoms with Gasteiger partial charge in [-0.1, -0.05) is 39.0 Å². The molecule has 5 heteroatoms. The minimum atomic E-state index is -0.453. The Kier molecular flexibility index (Phi) is 5.77. The summed E-state index contributed by atoms with van der Waals surface area (Å²) in [5.74, 6) is -0.574. The van der Waals surface area contributed by atoms with Gasteiger partial charge in [0.2, 0.25) is 0 Å². The number of esters is 1. The van der Waals surface area contributed by atoms with Crippen molar-refractivity contribution in [3.63, 3.8) is 0 Å². The second kappa shape index (κ2) is 7.59. The molecule has 0 spiro atoms. The summed E-state index contributed by atoms with van der Waals surface area (Å²) < 4.78 is 5.11. The number of hydrogen-bond donors (Lipinski definition) is 0. The Morgan fingerprint density at radius 2 is 1.65 bits per heavy atom. The molecule has 1 heterocycles. The fourth-order valence-electron chi connectivity index (χ4n) is 2.70. The third kappa shape index (κ3) is 5.67. The molecule has 1 aromatic carbocycles. The van der Waals surface area contributed by atoms with E-state index in [4.69, 9.17) is 4.74 Å². The van der Waals surface area contributed by atoms with Crippen molar-refractivity contribution >= 4 is 11.9 Å². The summed E-state index contributed by atoms with van der Waals surface area (Å²) in [6, 6.07) is 8.73. The molecule has 2 rings (SSSR count). The Bertz CT molecular complexity index is 529. The topological polar surface area (TPSA) is 49.9 Å². The monoisotopic (exact) mass is 318 g/mol. The lowest BCUT2D eigenvalue weighted by atomic mass is 9.96. The van der Waals surface area contributed by atoms with Crippen LogP contribution < -0.4 is 0 Å². The van der Waals surface area contributed by atoms with Gasteiger partial charge >= 0.3 is 5.97 Å². The predicted molar refractivity (Wildman–Crippen MR) is 89.2 cm³/mol. The van der Waals surface area contributed by atoms with Crippen LogP contribution in [0.2, 0.25) is 0 Å². The van der Waals surface area contributed by atoms with Crippen molar-refractivity contribution in [1.29, 1.82) is 0 Å². The van der Waals surface area contributed by atoms with E-state index >= 15 is 0 Å². The second-order valence-corrected chi connectivity index (χ2v) is 7.16. The van der Waals surface area contributed by atoms with E-state index in [1.165, 1.54) is 0 Å². The average molecular weight is 318 g/mol. The Morgan fingerprint density at radius 3 is 2.22 bits per heavy atom. The molecule has 1 aliphatic rings. The summed E-state index contributed by atoms with van der Waals surface area (Å²) in [4.78, 5) is 28.1. The van der Waals surface area contributed by atoms with Gasteiger partial charge in [0.25, 0.3) is 5.91 Å². The van der Waals surface area contributed by atoms with Crippen LogP contribution in [0.25, 0.3) is 0 Å². The highest BCUT2D eigenvalue weighted by atomic mass is 16.5. The van der Waals surface area contributed by atoms with Crippen LogP contribution >= 0.6 is 0 Å². The third-order valence-corrected chi connectivity index (χ3v) is 3.76.